The van der Waals surface area contributed by atoms with Crippen molar-refractivity contribution in [3.05, 3.63) is 0 Å². The molecule has 1 unspecified atom stereocenters. The van der Waals surface area contributed by atoms with Gasteiger partial charge in [-0.1, -0.05) is 141 Å². The van der Waals surface area contributed by atoms with Crippen LogP contribution in [0.2, 0.25) is 0 Å². The van der Waals surface area contributed by atoms with Gasteiger partial charge in [-0.3, -0.25) is 14.2 Å². The Bertz CT molecular complexity index is 2810. The molecule has 0 saturated carbocycles. The third-order valence-electron chi connectivity index (χ3n) is 2.68. The topological polar surface area (TPSA) is 122 Å². The van der Waals surface area contributed by atoms with Crippen LogP contribution in [0.4, 0.5) is 0 Å². The van der Waals surface area contributed by atoms with Crippen molar-refractivity contribution < 1.29 is 142 Å². The monoisotopic (exact) mass is 669 g/mol. The molecule has 2 atom stereocenters. The largest absolute Gasteiger partial charge is 1.00 e. The third-order valence-corrected chi connectivity index (χ3v) is 3.15. The molecule has 0 aliphatic heterocycles. The first-order valence-electron chi connectivity index (χ1n) is 36.7. The Balaban J connectivity index is 0. The van der Waals surface area contributed by atoms with Gasteiger partial charge in [-0.15, -0.1) is 0 Å². The van der Waals surface area contributed by atoms with Gasteiger partial charge in [-0.05, 0) is 12.7 Å². The quantitative estimate of drug-likeness (QED) is 0.0620. The summed E-state index contributed by atoms with van der Waals surface area (Å²) in [5, 5.41) is 0. The summed E-state index contributed by atoms with van der Waals surface area (Å²) in [6.45, 7) is -12.9. The van der Waals surface area contributed by atoms with Crippen LogP contribution in [0.15, 0.2) is 0 Å². The molecule has 41 heavy (non-hydrogen) atoms. The summed E-state index contributed by atoms with van der Waals surface area (Å²) in [5.74, 6) is -6.15. The Kier molecular flexibility index (Phi) is 5.84. The standard InChI is InChI=1S/C31H61O8P.Na/c1-3-5-7-9-11-13-15-17-19-21-23-25-30(32)37-27-29(28-38-40(34,35)36)39-31(33)26-24-22-20-18-16-14-12-10-8-6-4-2;/h29H,3-28H2,1-2H3,(H2,34,35,36);/q;+1/p-1/t29-;/m1./s1/i1D3,2D3,3D2,4D2,5D2,6D2,7D2,8D2,9D2,10D2,11D2,12D2,13D2,14D2,15D2,16D2,17D2,18D2,19D2,20D2,21D2,22D2,23D2,24D2,25D2,26D2;. The van der Waals surface area contributed by atoms with Crippen LogP contribution in [-0.4, -0.2) is 36.1 Å². The molecule has 0 bridgehead atoms. The molecular formula is C31H60NaO8P. The van der Waals surface area contributed by atoms with Crippen LogP contribution in [0.1, 0.15) is 241 Å². The Morgan fingerprint density at radius 3 is 1.44 bits per heavy atom. The van der Waals surface area contributed by atoms with Crippen molar-refractivity contribution in [2.75, 3.05) is 13.2 Å². The van der Waals surface area contributed by atoms with Gasteiger partial charge in [0.2, 0.25) is 0 Å². The first-order chi connectivity index (χ1) is 39.6. The predicted octanol–water partition coefficient (Wildman–Crippen LogP) is 5.32. The molecule has 0 saturated heterocycles. The maximum atomic E-state index is 13.5. The summed E-state index contributed by atoms with van der Waals surface area (Å²) >= 11 is 0. The zero-order valence-electron chi connectivity index (χ0n) is 74.7. The normalized spacial score (nSPS) is 41.8. The zero-order chi connectivity index (χ0) is 77.8. The fourth-order valence-electron chi connectivity index (χ4n) is 1.41. The molecule has 0 radical (unpaired) electrons. The summed E-state index contributed by atoms with van der Waals surface area (Å²) in [5.41, 5.74) is 0. The van der Waals surface area contributed by atoms with Crippen LogP contribution >= 0.6 is 7.82 Å². The molecule has 0 fully saturated rings. The van der Waals surface area contributed by atoms with Crippen molar-refractivity contribution in [1.29, 1.82) is 0 Å². The first-order valence-corrected chi connectivity index (χ1v) is 11.2. The Morgan fingerprint density at radius 1 is 0.683 bits per heavy atom. The molecule has 238 valence electrons. The van der Waals surface area contributed by atoms with E-state index in [0.717, 1.165) is 0 Å². The first kappa shape index (κ1) is 7.60. The molecule has 1 N–H and O–H groups in total. The molecule has 8 nitrogen and oxygen atoms in total. The van der Waals surface area contributed by atoms with E-state index in [1.54, 1.807) is 0 Å². The van der Waals surface area contributed by atoms with Gasteiger partial charge in [0.1, 0.15) is 6.61 Å². The Morgan fingerprint density at radius 2 is 1.05 bits per heavy atom. The van der Waals surface area contributed by atoms with Crippen molar-refractivity contribution in [3.8, 4) is 0 Å². The summed E-state index contributed by atoms with van der Waals surface area (Å²) < 4.78 is 460. The van der Waals surface area contributed by atoms with Crippen LogP contribution in [0.5, 0.6) is 0 Å². The van der Waals surface area contributed by atoms with Crippen LogP contribution in [0.3, 0.4) is 0 Å². The Labute approximate surface area is 349 Å². The number of esters is 2. The number of carbonyl (C=O) groups excluding carboxylic acids is 2. The van der Waals surface area contributed by atoms with E-state index in [2.05, 4.69) is 14.0 Å². The maximum absolute atomic E-state index is 13.5. The smallest absolute Gasteiger partial charge is 0.756 e. The van der Waals surface area contributed by atoms with Crippen molar-refractivity contribution in [1.82, 2.24) is 0 Å². The molecule has 0 aromatic carbocycles. The van der Waals surface area contributed by atoms with Gasteiger partial charge in [0, 0.05) is 86.8 Å². The van der Waals surface area contributed by atoms with Crippen molar-refractivity contribution >= 4 is 19.8 Å². The Hall–Kier alpha value is 0.0500. The molecule has 0 aliphatic rings. The molecule has 0 aromatic rings. The predicted molar refractivity (Wildman–Crippen MR) is 159 cm³/mol. The number of carbonyl (C=O) groups is 2. The van der Waals surface area contributed by atoms with E-state index in [1.165, 1.54) is 0 Å². The van der Waals surface area contributed by atoms with E-state index in [-0.39, 0.29) is 29.6 Å². The van der Waals surface area contributed by atoms with E-state index in [0.29, 0.717) is 0 Å². The molecular weight excluding hydrogens is 554 g/mol. The summed E-state index contributed by atoms with van der Waals surface area (Å²) in [6.07, 6.45) is -127. The number of ether oxygens (including phenoxy) is 2. The van der Waals surface area contributed by atoms with Crippen LogP contribution < -0.4 is 34.5 Å². The minimum atomic E-state index is -6.26. The van der Waals surface area contributed by atoms with E-state index in [1.807, 2.05) is 0 Å². The molecule has 0 rings (SSSR count). The number of hydrogen-bond donors (Lipinski definition) is 1. The maximum Gasteiger partial charge on any atom is 1.00 e. The molecule has 0 amide bonds. The van der Waals surface area contributed by atoms with Crippen LogP contribution in [0, 0.1) is 0 Å². The van der Waals surface area contributed by atoms with Gasteiger partial charge in [-0.2, -0.15) is 0 Å². The van der Waals surface area contributed by atoms with E-state index in [9.17, 15) is 23.9 Å². The van der Waals surface area contributed by atoms with E-state index >= 15 is 0 Å². The zero-order valence-corrected chi connectivity index (χ0v) is 23.6. The van der Waals surface area contributed by atoms with Gasteiger partial charge >= 0.3 is 41.5 Å². The van der Waals surface area contributed by atoms with E-state index < -0.39 is 206 Å². The molecule has 0 aliphatic carbocycles. The van der Waals surface area contributed by atoms with Crippen molar-refractivity contribution in [3.63, 3.8) is 0 Å². The summed E-state index contributed by atoms with van der Waals surface area (Å²) in [7, 11) is -6.26. The van der Waals surface area contributed by atoms with Crippen LogP contribution in [-0.2, 0) is 28.2 Å². The van der Waals surface area contributed by atoms with Gasteiger partial charge < -0.3 is 23.8 Å². The minimum Gasteiger partial charge on any atom is -0.756 e. The van der Waals surface area contributed by atoms with Crippen LogP contribution in [0.25, 0.3) is 0 Å². The fourth-order valence-corrected chi connectivity index (χ4v) is 1.76. The third kappa shape index (κ3) is 34.4. The van der Waals surface area contributed by atoms with Crippen molar-refractivity contribution in [2.45, 2.75) is 173 Å². The van der Waals surface area contributed by atoms with Gasteiger partial charge in [0.15, 0.2) is 6.10 Å². The summed E-state index contributed by atoms with van der Waals surface area (Å²) in [4.78, 5) is 47.7. The molecule has 10 heteroatoms. The number of rotatable bonds is 30. The van der Waals surface area contributed by atoms with Gasteiger partial charge in [0.05, 0.1) is 6.61 Å². The molecule has 0 aromatic heterocycles. The average molecular weight is 669 g/mol. The second kappa shape index (κ2) is 31.5. The summed E-state index contributed by atoms with van der Waals surface area (Å²) in [6, 6.07) is 0. The average Bonchev–Trinajstić information content (AvgIpc) is 0.688. The van der Waals surface area contributed by atoms with Gasteiger partial charge in [-0.25, -0.2) is 0 Å². The molecule has 0 heterocycles. The number of phosphoric ester groups is 1. The van der Waals surface area contributed by atoms with Crippen molar-refractivity contribution in [2.24, 2.45) is 0 Å². The van der Waals surface area contributed by atoms with Gasteiger partial charge in [0.25, 0.3) is 7.82 Å². The van der Waals surface area contributed by atoms with E-state index in [4.69, 9.17) is 74.0 Å². The second-order valence-electron chi connectivity index (χ2n) is 5.39. The second-order valence-corrected chi connectivity index (χ2v) is 6.59. The minimum absolute atomic E-state index is 0. The SMILES string of the molecule is [2H]C([2H])([2H])C([2H])([2H])C([2H])([2H])C([2H])([2H])C([2H])([2H])C([2H])([2H])C([2H])([2H])C([2H])([2H])C([2H])([2H])C([2H])([2H])C([2H])([2H])C([2H])([2H])C([2H])([2H])C(=O)OC[C@H](COP(=O)([O-])O)OC(=O)C([2H])([2H])C([2H])([2H])C([2H])([2H])C([2H])([2H])C([2H])([2H])C([2H])([2H])C([2H])([2H])C([2H])([2H])C([2H])([2H])C([2H])([2H])C([2H])([2H])C([2H])([2H])C([2H])([2H])[2H].[Na+]. The fraction of sp³-hybridized carbons (Fsp3) is 0.935. The molecule has 0 spiro atoms. The number of phosphoric acid groups is 1. The number of hydrogen-bond acceptors (Lipinski definition) is 7.